The highest BCUT2D eigenvalue weighted by Gasteiger charge is 2.54. The van der Waals surface area contributed by atoms with Gasteiger partial charge in [0.2, 0.25) is 0 Å². The molecule has 1 amide bonds. The van der Waals surface area contributed by atoms with Crippen LogP contribution in [0.15, 0.2) is 21.7 Å². The summed E-state index contributed by atoms with van der Waals surface area (Å²) in [6.07, 6.45) is -1.48. The summed E-state index contributed by atoms with van der Waals surface area (Å²) in [7, 11) is 1.37. The average molecular weight is 345 g/mol. The van der Waals surface area contributed by atoms with Crippen LogP contribution in [0.25, 0.3) is 0 Å². The van der Waals surface area contributed by atoms with Crippen LogP contribution in [0, 0.1) is 0 Å². The lowest BCUT2D eigenvalue weighted by Crippen LogP contribution is -2.68. The third-order valence-corrected chi connectivity index (χ3v) is 4.34. The molecule has 12 heteroatoms. The van der Waals surface area contributed by atoms with E-state index in [1.807, 2.05) is 0 Å². The number of hydrogen-bond acceptors (Lipinski definition) is 10. The van der Waals surface area contributed by atoms with Crippen LogP contribution in [0.4, 0.5) is 0 Å². The summed E-state index contributed by atoms with van der Waals surface area (Å²) in [5, 5.41) is 26.0. The fraction of sp³-hybridized carbons (Fsp3) is 0.636. The Labute approximate surface area is 135 Å². The van der Waals surface area contributed by atoms with Crippen LogP contribution >= 0.6 is 12.1 Å². The fourth-order valence-electron chi connectivity index (χ4n) is 2.48. The van der Waals surface area contributed by atoms with Gasteiger partial charge in [-0.3, -0.25) is 9.69 Å². The van der Waals surface area contributed by atoms with Gasteiger partial charge in [0.05, 0.1) is 26.3 Å². The van der Waals surface area contributed by atoms with Crippen molar-refractivity contribution in [2.75, 3.05) is 33.4 Å². The van der Waals surface area contributed by atoms with Crippen LogP contribution in [0.2, 0.25) is 0 Å². The van der Waals surface area contributed by atoms with Crippen LogP contribution in [0.1, 0.15) is 0 Å². The van der Waals surface area contributed by atoms with E-state index in [-0.39, 0.29) is 25.5 Å². The number of rotatable bonds is 6. The molecule has 2 unspecified atom stereocenters. The first-order valence-electron chi connectivity index (χ1n) is 6.75. The molecule has 0 spiro atoms. The van der Waals surface area contributed by atoms with E-state index in [0.29, 0.717) is 12.1 Å². The van der Waals surface area contributed by atoms with E-state index in [1.54, 1.807) is 0 Å². The highest BCUT2D eigenvalue weighted by molar-refractivity contribution is 7.94. The number of β-lactam (4-membered cyclic amide) rings is 1. The number of nitrogens with zero attached hydrogens (tertiary/aromatic N) is 5. The van der Waals surface area contributed by atoms with E-state index < -0.39 is 24.2 Å². The molecule has 0 bridgehead atoms. The molecule has 2 N–H and O–H groups in total. The van der Waals surface area contributed by atoms with E-state index in [2.05, 4.69) is 10.4 Å². The highest BCUT2D eigenvalue weighted by Crippen LogP contribution is 2.35. The van der Waals surface area contributed by atoms with Gasteiger partial charge in [0.25, 0.3) is 5.91 Å². The Morgan fingerprint density at radius 1 is 1.48 bits per heavy atom. The van der Waals surface area contributed by atoms with E-state index in [9.17, 15) is 14.7 Å². The predicted octanol–water partition coefficient (Wildman–Crippen LogP) is -1.01. The van der Waals surface area contributed by atoms with E-state index in [1.165, 1.54) is 15.9 Å². The summed E-state index contributed by atoms with van der Waals surface area (Å²) in [4.78, 5) is 24.6. The summed E-state index contributed by atoms with van der Waals surface area (Å²) in [5.74, 6) is -1.64. The number of carbonyl (C=O) groups excluding carboxylic acids is 1. The number of carboxylic acids is 1. The molecular formula is C11H15N5O6S. The van der Waals surface area contributed by atoms with Crippen molar-refractivity contribution in [2.45, 2.75) is 12.3 Å². The van der Waals surface area contributed by atoms with Crippen LogP contribution < -0.4 is 0 Å². The molecule has 0 radical (unpaired) electrons. The van der Waals surface area contributed by atoms with Crippen molar-refractivity contribution in [2.24, 2.45) is 10.4 Å². The second-order valence-electron chi connectivity index (χ2n) is 4.89. The van der Waals surface area contributed by atoms with Crippen LogP contribution in [0.3, 0.4) is 0 Å². The highest BCUT2D eigenvalue weighted by atomic mass is 32.2. The molecule has 1 fully saturated rings. The molecule has 0 saturated carbocycles. The lowest BCUT2D eigenvalue weighted by Gasteiger charge is -2.48. The Balaban J connectivity index is 1.75. The van der Waals surface area contributed by atoms with E-state index >= 15 is 0 Å². The van der Waals surface area contributed by atoms with Gasteiger partial charge in [-0.05, 0) is 10.4 Å². The molecule has 126 valence electrons. The minimum absolute atomic E-state index is 0.0581. The number of fused-ring (bicyclic) bond motifs is 1. The summed E-state index contributed by atoms with van der Waals surface area (Å²) >= 11 is 1.13. The van der Waals surface area contributed by atoms with Gasteiger partial charge in [-0.15, -0.1) is 0 Å². The monoisotopic (exact) mass is 345 g/mol. The lowest BCUT2D eigenvalue weighted by atomic mass is 10.0. The zero-order chi connectivity index (χ0) is 16.6. The van der Waals surface area contributed by atoms with Gasteiger partial charge in [0.1, 0.15) is 17.8 Å². The number of hydrogen-bond donors (Lipinski definition) is 2. The second-order valence-corrected chi connectivity index (χ2v) is 5.90. The molecule has 3 heterocycles. The standard InChI is InChI=1S/C11H15N5O6S/c1-21-8-9(18)16-7(11(19)20)6(5-22-10(8)16)4-15-13-12-14(23-15)2-3-17/h8,10,17H,2-5H2,1H3,(H,19,20). The molecule has 1 saturated heterocycles. The SMILES string of the molecule is COC1C(=O)N2C(C(=O)O)=C(CN3N=NN(CCO)S3)COC12. The van der Waals surface area contributed by atoms with Crippen molar-refractivity contribution >= 4 is 24.0 Å². The number of aliphatic hydroxyl groups is 1. The van der Waals surface area contributed by atoms with Crippen LogP contribution in [-0.4, -0.2) is 81.6 Å². The Bertz CT molecular complexity index is 583. The minimum atomic E-state index is -1.20. The van der Waals surface area contributed by atoms with Crippen molar-refractivity contribution in [1.29, 1.82) is 0 Å². The molecule has 3 aliphatic rings. The van der Waals surface area contributed by atoms with Crippen LogP contribution in [-0.2, 0) is 19.1 Å². The van der Waals surface area contributed by atoms with Crippen molar-refractivity contribution in [3.63, 3.8) is 0 Å². The molecule has 23 heavy (non-hydrogen) atoms. The normalized spacial score (nSPS) is 26.7. The molecule has 0 aliphatic carbocycles. The lowest BCUT2D eigenvalue weighted by molar-refractivity contribution is -0.212. The number of β-amino-alcohol motifs (C(OH)–C–C–N with tert-alkyl or cyclic N) is 1. The first-order valence-corrected chi connectivity index (χ1v) is 7.48. The number of carboxylic acid groups (broad SMARTS) is 1. The summed E-state index contributed by atoms with van der Waals surface area (Å²) in [5.41, 5.74) is 0.310. The third kappa shape index (κ3) is 2.73. The molecule has 11 nitrogen and oxygen atoms in total. The first kappa shape index (κ1) is 16.0. The van der Waals surface area contributed by atoms with Crippen molar-refractivity contribution in [3.8, 4) is 0 Å². The molecule has 3 aliphatic heterocycles. The van der Waals surface area contributed by atoms with Gasteiger partial charge in [-0.2, -0.15) is 8.83 Å². The average Bonchev–Trinajstić information content (AvgIpc) is 2.95. The van der Waals surface area contributed by atoms with Crippen molar-refractivity contribution < 1.29 is 29.3 Å². The predicted molar refractivity (Wildman–Crippen MR) is 75.0 cm³/mol. The van der Waals surface area contributed by atoms with Crippen LogP contribution in [0.5, 0.6) is 0 Å². The summed E-state index contributed by atoms with van der Waals surface area (Å²) in [6, 6.07) is 0. The number of aliphatic carboxylic acids is 1. The van der Waals surface area contributed by atoms with Crippen molar-refractivity contribution in [3.05, 3.63) is 11.3 Å². The zero-order valence-electron chi connectivity index (χ0n) is 12.2. The van der Waals surface area contributed by atoms with Gasteiger partial charge in [0, 0.05) is 12.7 Å². The number of ether oxygens (including phenoxy) is 2. The quantitative estimate of drug-likeness (QED) is 0.460. The maximum atomic E-state index is 12.0. The Hall–Kier alpha value is -1.89. The molecule has 0 aromatic rings. The van der Waals surface area contributed by atoms with Gasteiger partial charge in [0.15, 0.2) is 12.3 Å². The number of methoxy groups -OCH3 is 1. The molecule has 0 aromatic heterocycles. The molecule has 0 aromatic carbocycles. The maximum Gasteiger partial charge on any atom is 0.352 e. The summed E-state index contributed by atoms with van der Waals surface area (Å²) in [6.45, 7) is 0.414. The third-order valence-electron chi connectivity index (χ3n) is 3.50. The summed E-state index contributed by atoms with van der Waals surface area (Å²) < 4.78 is 13.4. The minimum Gasteiger partial charge on any atom is -0.477 e. The van der Waals surface area contributed by atoms with Gasteiger partial charge >= 0.3 is 5.97 Å². The Morgan fingerprint density at radius 3 is 2.87 bits per heavy atom. The zero-order valence-corrected chi connectivity index (χ0v) is 13.0. The molecule has 3 rings (SSSR count). The Morgan fingerprint density at radius 2 is 2.22 bits per heavy atom. The Kier molecular flexibility index (Phi) is 4.39. The molecule has 2 atom stereocenters. The van der Waals surface area contributed by atoms with Crippen molar-refractivity contribution in [1.82, 2.24) is 13.7 Å². The largest absolute Gasteiger partial charge is 0.477 e. The number of amides is 1. The molecular weight excluding hydrogens is 330 g/mol. The topological polar surface area (TPSA) is 128 Å². The smallest absolute Gasteiger partial charge is 0.352 e. The first-order chi connectivity index (χ1) is 11.1. The fourth-order valence-corrected chi connectivity index (χ4v) is 3.20. The maximum absolute atomic E-state index is 12.0. The second kappa shape index (κ2) is 6.31. The van der Waals surface area contributed by atoms with E-state index in [0.717, 1.165) is 17.0 Å². The van der Waals surface area contributed by atoms with Gasteiger partial charge in [-0.1, -0.05) is 0 Å². The van der Waals surface area contributed by atoms with Gasteiger partial charge < -0.3 is 19.7 Å². The van der Waals surface area contributed by atoms with E-state index in [4.69, 9.17) is 14.6 Å². The number of aliphatic hydroxyl groups excluding tert-OH is 1. The number of carbonyl (C=O) groups is 2. The van der Waals surface area contributed by atoms with Gasteiger partial charge in [-0.25, -0.2) is 4.79 Å².